The van der Waals surface area contributed by atoms with E-state index < -0.39 is 10.0 Å². The highest BCUT2D eigenvalue weighted by Gasteiger charge is 2.11. The van der Waals surface area contributed by atoms with Crippen LogP contribution in [-0.4, -0.2) is 35.7 Å². The number of hydrogen-bond donors (Lipinski definition) is 2. The molecule has 1 aromatic carbocycles. The Morgan fingerprint density at radius 2 is 2.00 bits per heavy atom. The average molecular weight is 259 g/mol. The predicted molar refractivity (Wildman–Crippen MR) is 67.4 cm³/mol. The summed E-state index contributed by atoms with van der Waals surface area (Å²) < 4.78 is 27.5. The van der Waals surface area contributed by atoms with Crippen LogP contribution in [0.2, 0.25) is 0 Å². The average Bonchev–Trinajstić information content (AvgIpc) is 2.23. The van der Waals surface area contributed by atoms with Gasteiger partial charge in [-0.05, 0) is 18.2 Å². The van der Waals surface area contributed by atoms with Gasteiger partial charge in [0.05, 0.1) is 11.5 Å². The zero-order valence-electron chi connectivity index (χ0n) is 9.88. The number of primary sulfonamides is 1. The minimum Gasteiger partial charge on any atom is -0.399 e. The number of nitrogens with two attached hydrogens (primary N) is 2. The van der Waals surface area contributed by atoms with E-state index in [1.165, 1.54) is 12.1 Å². The molecule has 0 aromatic heterocycles. The SMILES string of the molecule is COCCN(C)c1cc(N)cc(S(N)(=O)=O)c1. The van der Waals surface area contributed by atoms with Crippen molar-refractivity contribution in [2.45, 2.75) is 4.90 Å². The van der Waals surface area contributed by atoms with Crippen molar-refractivity contribution >= 4 is 21.4 Å². The summed E-state index contributed by atoms with van der Waals surface area (Å²) in [7, 11) is -0.319. The number of hydrogen-bond acceptors (Lipinski definition) is 5. The third kappa shape index (κ3) is 3.88. The first-order valence-electron chi connectivity index (χ1n) is 4.98. The van der Waals surface area contributed by atoms with Crippen LogP contribution in [0.15, 0.2) is 23.1 Å². The first kappa shape index (κ1) is 13.8. The summed E-state index contributed by atoms with van der Waals surface area (Å²) in [6.07, 6.45) is 0. The van der Waals surface area contributed by atoms with E-state index in [-0.39, 0.29) is 4.90 Å². The van der Waals surface area contributed by atoms with Crippen LogP contribution in [0.4, 0.5) is 11.4 Å². The van der Waals surface area contributed by atoms with Crippen LogP contribution in [-0.2, 0) is 14.8 Å². The first-order valence-corrected chi connectivity index (χ1v) is 6.52. The maximum atomic E-state index is 11.3. The second-order valence-electron chi connectivity index (χ2n) is 3.72. The Bertz CT molecular complexity index is 488. The smallest absolute Gasteiger partial charge is 0.238 e. The number of ether oxygens (including phenoxy) is 1. The van der Waals surface area contributed by atoms with Crippen molar-refractivity contribution in [2.24, 2.45) is 5.14 Å². The zero-order valence-corrected chi connectivity index (χ0v) is 10.7. The molecule has 0 heterocycles. The molecule has 0 saturated heterocycles. The third-order valence-corrected chi connectivity index (χ3v) is 3.21. The molecule has 0 aliphatic rings. The highest BCUT2D eigenvalue weighted by Crippen LogP contribution is 2.22. The number of rotatable bonds is 5. The fourth-order valence-corrected chi connectivity index (χ4v) is 1.93. The quantitative estimate of drug-likeness (QED) is 0.725. The highest BCUT2D eigenvalue weighted by molar-refractivity contribution is 7.89. The summed E-state index contributed by atoms with van der Waals surface area (Å²) in [6, 6.07) is 4.51. The number of benzene rings is 1. The van der Waals surface area contributed by atoms with Gasteiger partial charge in [-0.3, -0.25) is 0 Å². The van der Waals surface area contributed by atoms with E-state index in [2.05, 4.69) is 0 Å². The van der Waals surface area contributed by atoms with Gasteiger partial charge in [0.2, 0.25) is 10.0 Å². The van der Waals surface area contributed by atoms with Gasteiger partial charge in [0.25, 0.3) is 0 Å². The summed E-state index contributed by atoms with van der Waals surface area (Å²) in [5.41, 5.74) is 6.69. The lowest BCUT2D eigenvalue weighted by molar-refractivity contribution is 0.206. The predicted octanol–water partition coefficient (Wildman–Crippen LogP) is -0.00120. The first-order chi connectivity index (χ1) is 7.84. The van der Waals surface area contributed by atoms with E-state index in [1.54, 1.807) is 13.2 Å². The molecular formula is C10H17N3O3S. The Kier molecular flexibility index (Phi) is 4.33. The molecule has 17 heavy (non-hydrogen) atoms. The van der Waals surface area contributed by atoms with Crippen LogP contribution < -0.4 is 15.8 Å². The maximum absolute atomic E-state index is 11.3. The Balaban J connectivity index is 3.05. The number of likely N-dealkylation sites (N-methyl/N-ethyl adjacent to an activating group) is 1. The van der Waals surface area contributed by atoms with Gasteiger partial charge in [0.15, 0.2) is 0 Å². The van der Waals surface area contributed by atoms with Crippen molar-refractivity contribution in [3.63, 3.8) is 0 Å². The maximum Gasteiger partial charge on any atom is 0.238 e. The Hall–Kier alpha value is -1.31. The molecule has 0 bridgehead atoms. The van der Waals surface area contributed by atoms with Gasteiger partial charge in [0.1, 0.15) is 0 Å². The van der Waals surface area contributed by atoms with Gasteiger partial charge >= 0.3 is 0 Å². The molecule has 0 radical (unpaired) electrons. The number of anilines is 2. The highest BCUT2D eigenvalue weighted by atomic mass is 32.2. The molecule has 1 aromatic rings. The Labute approximate surface area is 101 Å². The molecule has 0 aliphatic heterocycles. The lowest BCUT2D eigenvalue weighted by Gasteiger charge is -2.19. The molecule has 0 amide bonds. The molecule has 0 fully saturated rings. The van der Waals surface area contributed by atoms with E-state index >= 15 is 0 Å². The van der Waals surface area contributed by atoms with E-state index in [0.29, 0.717) is 24.5 Å². The minimum atomic E-state index is -3.74. The van der Waals surface area contributed by atoms with Crippen LogP contribution in [0, 0.1) is 0 Å². The number of nitrogen functional groups attached to an aromatic ring is 1. The van der Waals surface area contributed by atoms with Crippen LogP contribution in [0.25, 0.3) is 0 Å². The van der Waals surface area contributed by atoms with Crippen molar-refractivity contribution in [3.05, 3.63) is 18.2 Å². The van der Waals surface area contributed by atoms with Crippen molar-refractivity contribution in [1.82, 2.24) is 0 Å². The third-order valence-electron chi connectivity index (χ3n) is 2.31. The van der Waals surface area contributed by atoms with Gasteiger partial charge < -0.3 is 15.4 Å². The second kappa shape index (κ2) is 5.35. The molecular weight excluding hydrogens is 242 g/mol. The Morgan fingerprint density at radius 1 is 1.35 bits per heavy atom. The van der Waals surface area contributed by atoms with Crippen molar-refractivity contribution in [3.8, 4) is 0 Å². The van der Waals surface area contributed by atoms with Crippen molar-refractivity contribution in [1.29, 1.82) is 0 Å². The number of sulfonamides is 1. The van der Waals surface area contributed by atoms with Gasteiger partial charge in [-0.2, -0.15) is 0 Å². The van der Waals surface area contributed by atoms with Crippen LogP contribution in [0.3, 0.4) is 0 Å². The number of nitrogens with zero attached hydrogens (tertiary/aromatic N) is 1. The second-order valence-corrected chi connectivity index (χ2v) is 5.28. The fraction of sp³-hybridized carbons (Fsp3) is 0.400. The molecule has 0 atom stereocenters. The summed E-state index contributed by atoms with van der Waals surface area (Å²) in [6.45, 7) is 1.17. The van der Waals surface area contributed by atoms with Gasteiger partial charge in [0, 0.05) is 32.1 Å². The van der Waals surface area contributed by atoms with Gasteiger partial charge in [-0.15, -0.1) is 0 Å². The largest absolute Gasteiger partial charge is 0.399 e. The van der Waals surface area contributed by atoms with Crippen molar-refractivity contribution in [2.75, 3.05) is 37.9 Å². The molecule has 7 heteroatoms. The molecule has 96 valence electrons. The molecule has 0 unspecified atom stereocenters. The van der Waals surface area contributed by atoms with E-state index in [4.69, 9.17) is 15.6 Å². The topological polar surface area (TPSA) is 98.7 Å². The lowest BCUT2D eigenvalue weighted by atomic mass is 10.2. The van der Waals surface area contributed by atoms with Crippen molar-refractivity contribution < 1.29 is 13.2 Å². The minimum absolute atomic E-state index is 0.0109. The van der Waals surface area contributed by atoms with E-state index in [0.717, 1.165) is 0 Å². The molecule has 4 N–H and O–H groups in total. The lowest BCUT2D eigenvalue weighted by Crippen LogP contribution is -2.23. The van der Waals surface area contributed by atoms with Crippen LogP contribution in [0.1, 0.15) is 0 Å². The fourth-order valence-electron chi connectivity index (χ4n) is 1.35. The zero-order chi connectivity index (χ0) is 13.1. The van der Waals surface area contributed by atoms with E-state index in [9.17, 15) is 8.42 Å². The van der Waals surface area contributed by atoms with Crippen LogP contribution >= 0.6 is 0 Å². The van der Waals surface area contributed by atoms with Crippen LogP contribution in [0.5, 0.6) is 0 Å². The number of methoxy groups -OCH3 is 1. The molecule has 1 rings (SSSR count). The monoisotopic (exact) mass is 259 g/mol. The summed E-state index contributed by atoms with van der Waals surface area (Å²) in [4.78, 5) is 1.85. The standard InChI is InChI=1S/C10H17N3O3S/c1-13(3-4-16-2)9-5-8(11)6-10(7-9)17(12,14)15/h5-7H,3-4,11H2,1-2H3,(H2,12,14,15). The summed E-state index contributed by atoms with van der Waals surface area (Å²) in [5, 5.41) is 5.07. The van der Waals surface area contributed by atoms with Gasteiger partial charge in [-0.25, -0.2) is 13.6 Å². The molecule has 0 aliphatic carbocycles. The molecule has 0 saturated carbocycles. The molecule has 0 spiro atoms. The summed E-state index contributed by atoms with van der Waals surface area (Å²) in [5.74, 6) is 0. The normalized spacial score (nSPS) is 11.5. The van der Waals surface area contributed by atoms with Gasteiger partial charge in [-0.1, -0.05) is 0 Å². The molecule has 6 nitrogen and oxygen atoms in total. The van der Waals surface area contributed by atoms with E-state index in [1.807, 2.05) is 11.9 Å². The summed E-state index contributed by atoms with van der Waals surface area (Å²) >= 11 is 0. The Morgan fingerprint density at radius 3 is 2.53 bits per heavy atom.